The lowest BCUT2D eigenvalue weighted by Crippen LogP contribution is -2.49. The van der Waals surface area contributed by atoms with Crippen LogP contribution in [0.1, 0.15) is 17.3 Å². The second-order valence-electron chi connectivity index (χ2n) is 4.89. The maximum absolute atomic E-state index is 12.4. The van der Waals surface area contributed by atoms with Gasteiger partial charge in [0, 0.05) is 33.8 Å². The Labute approximate surface area is 138 Å². The number of benzene rings is 1. The van der Waals surface area contributed by atoms with Crippen molar-refractivity contribution in [2.45, 2.75) is 12.3 Å². The molecule has 1 fully saturated rings. The first-order valence-corrected chi connectivity index (χ1v) is 10.4. The van der Waals surface area contributed by atoms with Crippen LogP contribution in [0.5, 0.6) is 0 Å². The molecule has 0 bridgehead atoms. The smallest absolute Gasteiger partial charge is 0.176 e. The largest absolute Gasteiger partial charge is 0.293 e. The van der Waals surface area contributed by atoms with E-state index in [0.29, 0.717) is 17.9 Å². The van der Waals surface area contributed by atoms with Gasteiger partial charge in [0.1, 0.15) is 5.37 Å². The molecule has 0 aliphatic carbocycles. The van der Waals surface area contributed by atoms with E-state index in [1.165, 1.54) is 0 Å². The Balaban J connectivity index is 2.14. The number of nitrogens with zero attached hydrogens (tertiary/aromatic N) is 1. The Morgan fingerprint density at radius 2 is 2.24 bits per heavy atom. The fraction of sp³-hybridized carbons (Fsp3) is 0.500. The molecule has 1 unspecified atom stereocenters. The highest BCUT2D eigenvalue weighted by Gasteiger charge is 2.33. The SMILES string of the molecule is CCS(=O)(=O)C1CSCCN1CC(=O)c1cccc(Br)c1. The van der Waals surface area contributed by atoms with Gasteiger partial charge in [0.2, 0.25) is 0 Å². The van der Waals surface area contributed by atoms with E-state index in [-0.39, 0.29) is 18.1 Å². The number of carbonyl (C=O) groups is 1. The molecule has 1 heterocycles. The van der Waals surface area contributed by atoms with E-state index >= 15 is 0 Å². The number of carbonyl (C=O) groups excluding carboxylic acids is 1. The van der Waals surface area contributed by atoms with Crippen molar-refractivity contribution in [2.75, 3.05) is 30.3 Å². The number of sulfone groups is 1. The third-order valence-corrected chi connectivity index (χ3v) is 7.33. The van der Waals surface area contributed by atoms with Crippen molar-refractivity contribution in [2.24, 2.45) is 0 Å². The van der Waals surface area contributed by atoms with Gasteiger partial charge in [-0.3, -0.25) is 9.69 Å². The number of Topliss-reactive ketones (excluding diaryl/α,β-unsaturated/α-hetero) is 1. The van der Waals surface area contributed by atoms with Crippen molar-refractivity contribution in [1.29, 1.82) is 0 Å². The van der Waals surface area contributed by atoms with Gasteiger partial charge in [-0.1, -0.05) is 35.0 Å². The molecule has 1 aliphatic rings. The van der Waals surface area contributed by atoms with E-state index in [4.69, 9.17) is 0 Å². The number of halogens is 1. The van der Waals surface area contributed by atoms with Crippen LogP contribution in [0.15, 0.2) is 28.7 Å². The van der Waals surface area contributed by atoms with E-state index < -0.39 is 15.2 Å². The third-order valence-electron chi connectivity index (χ3n) is 3.50. The van der Waals surface area contributed by atoms with Gasteiger partial charge in [-0.15, -0.1) is 0 Å². The summed E-state index contributed by atoms with van der Waals surface area (Å²) in [6, 6.07) is 7.20. The third kappa shape index (κ3) is 4.31. The Hall–Kier alpha value is -0.370. The summed E-state index contributed by atoms with van der Waals surface area (Å²) >= 11 is 4.98. The first-order chi connectivity index (χ1) is 9.94. The summed E-state index contributed by atoms with van der Waals surface area (Å²) in [6.45, 7) is 2.44. The number of hydrogen-bond acceptors (Lipinski definition) is 5. The van der Waals surface area contributed by atoms with Crippen LogP contribution >= 0.6 is 27.7 Å². The second kappa shape index (κ2) is 7.26. The zero-order chi connectivity index (χ0) is 15.5. The van der Waals surface area contributed by atoms with E-state index in [0.717, 1.165) is 10.2 Å². The topological polar surface area (TPSA) is 54.5 Å². The van der Waals surface area contributed by atoms with Crippen LogP contribution in [-0.4, -0.2) is 54.8 Å². The first kappa shape index (κ1) is 17.0. The summed E-state index contributed by atoms with van der Waals surface area (Å²) < 4.78 is 25.2. The minimum Gasteiger partial charge on any atom is -0.293 e. The lowest BCUT2D eigenvalue weighted by atomic mass is 10.1. The predicted octanol–water partition coefficient (Wildman–Crippen LogP) is 2.44. The molecular weight excluding hydrogens is 374 g/mol. The lowest BCUT2D eigenvalue weighted by Gasteiger charge is -2.34. The van der Waals surface area contributed by atoms with Crippen LogP contribution < -0.4 is 0 Å². The molecular formula is C14H18BrNO3S2. The van der Waals surface area contributed by atoms with Crippen LogP contribution in [0.25, 0.3) is 0 Å². The Morgan fingerprint density at radius 3 is 2.90 bits per heavy atom. The lowest BCUT2D eigenvalue weighted by molar-refractivity contribution is 0.0928. The number of hydrogen-bond donors (Lipinski definition) is 0. The van der Waals surface area contributed by atoms with Gasteiger partial charge in [0.05, 0.1) is 6.54 Å². The quantitative estimate of drug-likeness (QED) is 0.721. The molecule has 4 nitrogen and oxygen atoms in total. The predicted molar refractivity (Wildman–Crippen MR) is 90.6 cm³/mol. The van der Waals surface area contributed by atoms with Crippen LogP contribution in [0.2, 0.25) is 0 Å². The fourth-order valence-corrected chi connectivity index (χ4v) is 5.74. The van der Waals surface area contributed by atoms with Crippen LogP contribution in [0, 0.1) is 0 Å². The van der Waals surface area contributed by atoms with Gasteiger partial charge >= 0.3 is 0 Å². The number of thioether (sulfide) groups is 1. The molecule has 1 atom stereocenters. The fourth-order valence-electron chi connectivity index (χ4n) is 2.26. The molecule has 2 rings (SSSR count). The number of rotatable bonds is 5. The van der Waals surface area contributed by atoms with E-state index in [9.17, 15) is 13.2 Å². The van der Waals surface area contributed by atoms with Gasteiger partial charge in [-0.2, -0.15) is 11.8 Å². The summed E-state index contributed by atoms with van der Waals surface area (Å²) in [6.07, 6.45) is 0. The Morgan fingerprint density at radius 1 is 1.48 bits per heavy atom. The molecule has 116 valence electrons. The van der Waals surface area contributed by atoms with E-state index in [2.05, 4.69) is 15.9 Å². The molecule has 21 heavy (non-hydrogen) atoms. The highest BCUT2D eigenvalue weighted by Crippen LogP contribution is 2.22. The maximum Gasteiger partial charge on any atom is 0.176 e. The van der Waals surface area contributed by atoms with Gasteiger partial charge in [0.15, 0.2) is 15.6 Å². The monoisotopic (exact) mass is 391 g/mol. The van der Waals surface area contributed by atoms with Crippen LogP contribution in [0.4, 0.5) is 0 Å². The normalized spacial score (nSPS) is 20.4. The van der Waals surface area contributed by atoms with E-state index in [1.54, 1.807) is 35.7 Å². The molecule has 0 radical (unpaired) electrons. The standard InChI is InChI=1S/C14H18BrNO3S2/c1-2-21(18,19)14-10-20-7-6-16(14)9-13(17)11-4-3-5-12(15)8-11/h3-5,8,14H,2,6-7,9-10H2,1H3. The van der Waals surface area contributed by atoms with Crippen molar-refractivity contribution >= 4 is 43.3 Å². The van der Waals surface area contributed by atoms with Crippen LogP contribution in [-0.2, 0) is 9.84 Å². The minimum absolute atomic E-state index is 0.0421. The molecule has 1 aliphatic heterocycles. The van der Waals surface area contributed by atoms with Crippen molar-refractivity contribution < 1.29 is 13.2 Å². The van der Waals surface area contributed by atoms with Gasteiger partial charge in [-0.25, -0.2) is 8.42 Å². The summed E-state index contributed by atoms with van der Waals surface area (Å²) in [5.41, 5.74) is 0.607. The van der Waals surface area contributed by atoms with Crippen molar-refractivity contribution in [1.82, 2.24) is 4.90 Å². The summed E-state index contributed by atoms with van der Waals surface area (Å²) in [5.74, 6) is 1.47. The summed E-state index contributed by atoms with van der Waals surface area (Å²) in [5, 5.41) is -0.544. The minimum atomic E-state index is -3.16. The van der Waals surface area contributed by atoms with E-state index in [1.807, 2.05) is 12.1 Å². The van der Waals surface area contributed by atoms with Gasteiger partial charge in [0.25, 0.3) is 0 Å². The highest BCUT2D eigenvalue weighted by atomic mass is 79.9. The summed E-state index contributed by atoms with van der Waals surface area (Å²) in [7, 11) is -3.16. The van der Waals surface area contributed by atoms with Gasteiger partial charge < -0.3 is 0 Å². The second-order valence-corrected chi connectivity index (χ2v) is 9.40. The molecule has 0 amide bonds. The molecule has 0 spiro atoms. The highest BCUT2D eigenvalue weighted by molar-refractivity contribution is 9.10. The molecule has 0 N–H and O–H groups in total. The molecule has 1 saturated heterocycles. The summed E-state index contributed by atoms with van der Waals surface area (Å²) in [4.78, 5) is 14.2. The van der Waals surface area contributed by atoms with Gasteiger partial charge in [-0.05, 0) is 12.1 Å². The number of ketones is 1. The molecule has 0 saturated carbocycles. The average molecular weight is 392 g/mol. The zero-order valence-electron chi connectivity index (χ0n) is 11.8. The van der Waals surface area contributed by atoms with Crippen LogP contribution in [0.3, 0.4) is 0 Å². The van der Waals surface area contributed by atoms with Crippen molar-refractivity contribution in [3.63, 3.8) is 0 Å². The Bertz CT molecular complexity index is 618. The molecule has 1 aromatic rings. The maximum atomic E-state index is 12.4. The first-order valence-electron chi connectivity index (χ1n) is 6.76. The zero-order valence-corrected chi connectivity index (χ0v) is 15.0. The van der Waals surface area contributed by atoms with Crippen molar-refractivity contribution in [3.05, 3.63) is 34.3 Å². The molecule has 1 aromatic carbocycles. The Kier molecular flexibility index (Phi) is 5.88. The average Bonchev–Trinajstić information content (AvgIpc) is 2.47. The van der Waals surface area contributed by atoms with Crippen molar-refractivity contribution in [3.8, 4) is 0 Å². The molecule has 7 heteroatoms. The molecule has 0 aromatic heterocycles.